The molecule has 2 aromatic heterocycles. The highest BCUT2D eigenvalue weighted by atomic mass is 79.9. The van der Waals surface area contributed by atoms with Crippen molar-refractivity contribution >= 4 is 66.4 Å². The Morgan fingerprint density at radius 3 is 2.89 bits per heavy atom. The Bertz CT molecular complexity index is 701. The molecule has 0 bridgehead atoms. The molecule has 0 fully saturated rings. The van der Waals surface area contributed by atoms with Crippen LogP contribution in [-0.2, 0) is 0 Å². The number of para-hydroxylation sites is 1. The largest absolute Gasteiger partial charge is 0.292 e. The molecule has 3 rings (SSSR count). The number of fused-ring (bicyclic) bond motifs is 1. The van der Waals surface area contributed by atoms with Gasteiger partial charge in [-0.15, -0.1) is 22.7 Å². The molecular formula is C13H8BrNOS3. The normalized spacial score (nSPS) is 11.0. The van der Waals surface area contributed by atoms with E-state index >= 15 is 0 Å². The SMILES string of the molecule is O=C(CSc1nc2ccccc2s1)c1sccc1Br. The van der Waals surface area contributed by atoms with Gasteiger partial charge in [0.25, 0.3) is 0 Å². The molecule has 0 atom stereocenters. The van der Waals surface area contributed by atoms with Gasteiger partial charge in [0.1, 0.15) is 0 Å². The van der Waals surface area contributed by atoms with E-state index in [2.05, 4.69) is 27.0 Å². The summed E-state index contributed by atoms with van der Waals surface area (Å²) in [5.74, 6) is 0.574. The minimum absolute atomic E-state index is 0.145. The Kier molecular flexibility index (Phi) is 4.02. The van der Waals surface area contributed by atoms with Crippen LogP contribution in [0, 0.1) is 0 Å². The monoisotopic (exact) mass is 369 g/mol. The lowest BCUT2D eigenvalue weighted by molar-refractivity contribution is 0.102. The Morgan fingerprint density at radius 1 is 1.32 bits per heavy atom. The predicted molar refractivity (Wildman–Crippen MR) is 86.7 cm³/mol. The number of rotatable bonds is 4. The zero-order chi connectivity index (χ0) is 13.2. The number of carbonyl (C=O) groups is 1. The maximum absolute atomic E-state index is 12.1. The fourth-order valence-electron chi connectivity index (χ4n) is 1.60. The number of aromatic nitrogens is 1. The van der Waals surface area contributed by atoms with Crippen molar-refractivity contribution in [1.29, 1.82) is 0 Å². The minimum atomic E-state index is 0.145. The summed E-state index contributed by atoms with van der Waals surface area (Å²) in [5.41, 5.74) is 1.000. The summed E-state index contributed by atoms with van der Waals surface area (Å²) in [4.78, 5) is 17.3. The zero-order valence-corrected chi connectivity index (χ0v) is 13.7. The lowest BCUT2D eigenvalue weighted by atomic mass is 10.3. The summed E-state index contributed by atoms with van der Waals surface area (Å²) in [6.45, 7) is 0. The number of benzene rings is 1. The number of halogens is 1. The van der Waals surface area contributed by atoms with Crippen LogP contribution in [0.4, 0.5) is 0 Å². The molecular weight excluding hydrogens is 362 g/mol. The number of thiophene rings is 1. The minimum Gasteiger partial charge on any atom is -0.292 e. The number of nitrogens with zero attached hydrogens (tertiary/aromatic N) is 1. The highest BCUT2D eigenvalue weighted by molar-refractivity contribution is 9.10. The molecule has 0 spiro atoms. The highest BCUT2D eigenvalue weighted by Crippen LogP contribution is 2.31. The Morgan fingerprint density at radius 2 is 2.16 bits per heavy atom. The van der Waals surface area contributed by atoms with Gasteiger partial charge in [-0.3, -0.25) is 4.79 Å². The number of thioether (sulfide) groups is 1. The van der Waals surface area contributed by atoms with E-state index in [1.165, 1.54) is 23.1 Å². The first-order valence-corrected chi connectivity index (χ1v) is 8.96. The van der Waals surface area contributed by atoms with Crippen LogP contribution >= 0.6 is 50.4 Å². The van der Waals surface area contributed by atoms with Gasteiger partial charge < -0.3 is 0 Å². The van der Waals surface area contributed by atoms with Gasteiger partial charge in [0.05, 0.1) is 20.8 Å². The van der Waals surface area contributed by atoms with E-state index in [1.807, 2.05) is 29.6 Å². The molecule has 2 nitrogen and oxygen atoms in total. The molecule has 0 radical (unpaired) electrons. The third kappa shape index (κ3) is 2.91. The van der Waals surface area contributed by atoms with E-state index in [4.69, 9.17) is 0 Å². The molecule has 0 aliphatic rings. The molecule has 0 saturated heterocycles. The summed E-state index contributed by atoms with van der Waals surface area (Å²) >= 11 is 8.00. The van der Waals surface area contributed by atoms with Gasteiger partial charge in [-0.05, 0) is 39.5 Å². The molecule has 2 heterocycles. The molecule has 19 heavy (non-hydrogen) atoms. The lowest BCUT2D eigenvalue weighted by Crippen LogP contribution is -1.99. The summed E-state index contributed by atoms with van der Waals surface area (Å²) in [6, 6.07) is 9.93. The van der Waals surface area contributed by atoms with Crippen LogP contribution in [0.15, 0.2) is 44.5 Å². The van der Waals surface area contributed by atoms with Crippen LogP contribution in [0.3, 0.4) is 0 Å². The zero-order valence-electron chi connectivity index (χ0n) is 9.63. The van der Waals surface area contributed by atoms with E-state index in [9.17, 15) is 4.79 Å². The first-order chi connectivity index (χ1) is 9.24. The second-order valence-corrected chi connectivity index (χ2v) is 7.78. The number of ketones is 1. The van der Waals surface area contributed by atoms with Crippen molar-refractivity contribution in [2.45, 2.75) is 4.34 Å². The van der Waals surface area contributed by atoms with Crippen LogP contribution in [-0.4, -0.2) is 16.5 Å². The van der Waals surface area contributed by atoms with Gasteiger partial charge in [-0.25, -0.2) is 4.98 Å². The van der Waals surface area contributed by atoms with Gasteiger partial charge in [-0.2, -0.15) is 0 Å². The third-order valence-corrected chi connectivity index (χ3v) is 6.53. The number of hydrogen-bond acceptors (Lipinski definition) is 5. The van der Waals surface area contributed by atoms with Gasteiger partial charge in [0, 0.05) is 4.47 Å². The molecule has 1 aromatic carbocycles. The maximum Gasteiger partial charge on any atom is 0.184 e. The maximum atomic E-state index is 12.1. The molecule has 0 aliphatic carbocycles. The lowest BCUT2D eigenvalue weighted by Gasteiger charge is -1.96. The van der Waals surface area contributed by atoms with Crippen LogP contribution in [0.25, 0.3) is 10.2 Å². The summed E-state index contributed by atoms with van der Waals surface area (Å²) < 4.78 is 2.99. The van der Waals surface area contributed by atoms with Crippen molar-refractivity contribution in [3.8, 4) is 0 Å². The Labute approximate surface area is 131 Å². The van der Waals surface area contributed by atoms with E-state index in [-0.39, 0.29) is 5.78 Å². The topological polar surface area (TPSA) is 30.0 Å². The van der Waals surface area contributed by atoms with Gasteiger partial charge in [-0.1, -0.05) is 23.9 Å². The van der Waals surface area contributed by atoms with Gasteiger partial charge in [0.2, 0.25) is 0 Å². The molecule has 0 unspecified atom stereocenters. The first-order valence-electron chi connectivity index (χ1n) is 5.48. The van der Waals surface area contributed by atoms with E-state index in [0.29, 0.717) is 5.75 Å². The average Bonchev–Trinajstić information content (AvgIpc) is 3.01. The third-order valence-electron chi connectivity index (χ3n) is 2.47. The second-order valence-electron chi connectivity index (χ2n) is 3.76. The number of carbonyl (C=O) groups excluding carboxylic acids is 1. The predicted octanol–water partition coefficient (Wildman–Crippen LogP) is 5.10. The van der Waals surface area contributed by atoms with E-state index in [1.54, 1.807) is 11.3 Å². The number of Topliss-reactive ketones (excluding diaryl/α,β-unsaturated/α-hetero) is 1. The second kappa shape index (κ2) is 5.75. The fourth-order valence-corrected chi connectivity index (χ4v) is 5.16. The van der Waals surface area contributed by atoms with E-state index in [0.717, 1.165) is 23.9 Å². The molecule has 6 heteroatoms. The van der Waals surface area contributed by atoms with Crippen LogP contribution in [0.5, 0.6) is 0 Å². The van der Waals surface area contributed by atoms with E-state index < -0.39 is 0 Å². The summed E-state index contributed by atoms with van der Waals surface area (Å²) in [7, 11) is 0. The number of hydrogen-bond donors (Lipinski definition) is 0. The summed E-state index contributed by atoms with van der Waals surface area (Å²) in [5, 5.41) is 1.92. The molecule has 96 valence electrons. The quantitative estimate of drug-likeness (QED) is 0.473. The van der Waals surface area contributed by atoms with Crippen molar-refractivity contribution < 1.29 is 4.79 Å². The molecule has 0 amide bonds. The Balaban J connectivity index is 1.72. The van der Waals surface area contributed by atoms with Crippen LogP contribution in [0.2, 0.25) is 0 Å². The van der Waals surface area contributed by atoms with Crippen molar-refractivity contribution in [2.75, 3.05) is 5.75 Å². The van der Waals surface area contributed by atoms with Gasteiger partial charge >= 0.3 is 0 Å². The molecule has 0 saturated carbocycles. The smallest absolute Gasteiger partial charge is 0.184 e. The first kappa shape index (κ1) is 13.3. The Hall–Kier alpha value is -0.690. The average molecular weight is 370 g/mol. The van der Waals surface area contributed by atoms with Crippen molar-refractivity contribution in [1.82, 2.24) is 4.98 Å². The van der Waals surface area contributed by atoms with Crippen LogP contribution < -0.4 is 0 Å². The standard InChI is InChI=1S/C13H8BrNOS3/c14-8-5-6-17-12(8)10(16)7-18-13-15-9-3-1-2-4-11(9)19-13/h1-6H,7H2. The number of thiazole rings is 1. The fraction of sp³-hybridized carbons (Fsp3) is 0.0769. The molecule has 3 aromatic rings. The molecule has 0 N–H and O–H groups in total. The van der Waals surface area contributed by atoms with Crippen molar-refractivity contribution in [3.05, 3.63) is 45.1 Å². The van der Waals surface area contributed by atoms with Crippen LogP contribution in [0.1, 0.15) is 9.67 Å². The van der Waals surface area contributed by atoms with Crippen molar-refractivity contribution in [2.24, 2.45) is 0 Å². The molecule has 0 aliphatic heterocycles. The summed E-state index contributed by atoms with van der Waals surface area (Å²) in [6.07, 6.45) is 0. The highest BCUT2D eigenvalue weighted by Gasteiger charge is 2.13. The van der Waals surface area contributed by atoms with Crippen molar-refractivity contribution in [3.63, 3.8) is 0 Å². The van der Waals surface area contributed by atoms with Gasteiger partial charge in [0.15, 0.2) is 10.1 Å².